The Morgan fingerprint density at radius 2 is 2.38 bits per heavy atom. The van der Waals surface area contributed by atoms with Gasteiger partial charge in [-0.3, -0.25) is 4.99 Å². The summed E-state index contributed by atoms with van der Waals surface area (Å²) in [5.41, 5.74) is 0. The number of nitrogens with one attached hydrogen (secondary N) is 2. The zero-order valence-corrected chi connectivity index (χ0v) is 12.5. The fraction of sp³-hybridized carbons (Fsp3) is 0.786. The van der Waals surface area contributed by atoms with Crippen LogP contribution in [0.1, 0.15) is 31.5 Å². The van der Waals surface area contributed by atoms with Gasteiger partial charge < -0.3 is 15.7 Å². The van der Waals surface area contributed by atoms with E-state index >= 15 is 0 Å². The van der Waals surface area contributed by atoms with Crippen molar-refractivity contribution < 1.29 is 5.11 Å². The minimum absolute atomic E-state index is 0.164. The molecule has 116 valence electrons. The van der Waals surface area contributed by atoms with Gasteiger partial charge in [0.2, 0.25) is 0 Å². The van der Waals surface area contributed by atoms with Crippen LogP contribution >= 0.6 is 0 Å². The van der Waals surface area contributed by atoms with Gasteiger partial charge in [-0.05, 0) is 19.3 Å². The lowest BCUT2D eigenvalue weighted by atomic mass is 10.1. The third-order valence-corrected chi connectivity index (χ3v) is 4.52. The van der Waals surface area contributed by atoms with Crippen molar-refractivity contribution >= 4 is 5.96 Å². The minimum Gasteiger partial charge on any atom is -0.393 e. The van der Waals surface area contributed by atoms with Crippen molar-refractivity contribution in [3.63, 3.8) is 0 Å². The highest BCUT2D eigenvalue weighted by atomic mass is 16.3. The van der Waals surface area contributed by atoms with E-state index in [1.54, 1.807) is 13.4 Å². The van der Waals surface area contributed by atoms with Crippen molar-refractivity contribution in [2.75, 3.05) is 13.6 Å². The highest BCUT2D eigenvalue weighted by molar-refractivity contribution is 5.79. The van der Waals surface area contributed by atoms with Gasteiger partial charge in [-0.2, -0.15) is 5.10 Å². The fourth-order valence-corrected chi connectivity index (χ4v) is 3.23. The molecule has 3 unspecified atom stereocenters. The van der Waals surface area contributed by atoms with E-state index in [-0.39, 0.29) is 6.10 Å². The van der Waals surface area contributed by atoms with Crippen LogP contribution in [0, 0.1) is 5.92 Å². The smallest absolute Gasteiger partial charge is 0.191 e. The number of nitrogens with zero attached hydrogens (tertiary/aromatic N) is 4. The van der Waals surface area contributed by atoms with Gasteiger partial charge in [-0.25, -0.2) is 9.67 Å². The number of rotatable bonds is 3. The summed E-state index contributed by atoms with van der Waals surface area (Å²) in [6.45, 7) is 1.60. The maximum Gasteiger partial charge on any atom is 0.191 e. The maximum atomic E-state index is 9.86. The zero-order chi connectivity index (χ0) is 14.7. The standard InChI is InChI=1S/C14H24N6O/c1-15-14(16-7-10-3-2-4-12(10)21)19-11-5-6-13-17-9-18-20(13)8-11/h9-12,21H,2-8H2,1H3,(H2,15,16,19). The molecule has 2 heterocycles. The summed E-state index contributed by atoms with van der Waals surface area (Å²) in [6.07, 6.45) is 6.57. The van der Waals surface area contributed by atoms with Crippen LogP contribution in [0.25, 0.3) is 0 Å². The second-order valence-electron chi connectivity index (χ2n) is 5.95. The second-order valence-corrected chi connectivity index (χ2v) is 5.95. The van der Waals surface area contributed by atoms with Crippen LogP contribution in [0.5, 0.6) is 0 Å². The predicted molar refractivity (Wildman–Crippen MR) is 80.0 cm³/mol. The molecule has 0 aromatic carbocycles. The number of fused-ring (bicyclic) bond motifs is 1. The predicted octanol–water partition coefficient (Wildman–Crippen LogP) is -0.0811. The van der Waals surface area contributed by atoms with E-state index in [0.717, 1.165) is 57.0 Å². The summed E-state index contributed by atoms with van der Waals surface area (Å²) < 4.78 is 1.95. The Balaban J connectivity index is 1.49. The molecule has 1 aromatic heterocycles. The highest BCUT2D eigenvalue weighted by Crippen LogP contribution is 2.24. The first kappa shape index (κ1) is 14.3. The number of aliphatic hydroxyl groups is 1. The van der Waals surface area contributed by atoms with E-state index in [9.17, 15) is 5.11 Å². The number of aryl methyl sites for hydroxylation is 1. The van der Waals surface area contributed by atoms with Gasteiger partial charge in [0.05, 0.1) is 12.6 Å². The van der Waals surface area contributed by atoms with Crippen LogP contribution in [0.3, 0.4) is 0 Å². The molecule has 3 rings (SSSR count). The van der Waals surface area contributed by atoms with Gasteiger partial charge in [0, 0.05) is 32.0 Å². The van der Waals surface area contributed by atoms with Gasteiger partial charge in [-0.1, -0.05) is 6.42 Å². The maximum absolute atomic E-state index is 9.86. The summed E-state index contributed by atoms with van der Waals surface area (Å²) in [4.78, 5) is 8.52. The van der Waals surface area contributed by atoms with Crippen LogP contribution in [0.2, 0.25) is 0 Å². The Kier molecular flexibility index (Phi) is 4.38. The van der Waals surface area contributed by atoms with Crippen molar-refractivity contribution in [2.24, 2.45) is 10.9 Å². The quantitative estimate of drug-likeness (QED) is 0.536. The molecule has 21 heavy (non-hydrogen) atoms. The summed E-state index contributed by atoms with van der Waals surface area (Å²) in [5.74, 6) is 2.21. The molecular formula is C14H24N6O. The van der Waals surface area contributed by atoms with Crippen LogP contribution in [0.15, 0.2) is 11.3 Å². The van der Waals surface area contributed by atoms with Crippen molar-refractivity contribution in [1.29, 1.82) is 0 Å². The number of guanidine groups is 1. The van der Waals surface area contributed by atoms with Gasteiger partial charge in [-0.15, -0.1) is 0 Å². The third-order valence-electron chi connectivity index (χ3n) is 4.52. The normalized spacial score (nSPS) is 29.2. The first-order valence-electron chi connectivity index (χ1n) is 7.78. The fourth-order valence-electron chi connectivity index (χ4n) is 3.23. The lowest BCUT2D eigenvalue weighted by Crippen LogP contribution is -2.48. The SMILES string of the molecule is CN=C(NCC1CCCC1O)NC1CCc2ncnn2C1. The van der Waals surface area contributed by atoms with Crippen LogP contribution in [0.4, 0.5) is 0 Å². The zero-order valence-electron chi connectivity index (χ0n) is 12.5. The lowest BCUT2D eigenvalue weighted by molar-refractivity contribution is 0.134. The van der Waals surface area contributed by atoms with Gasteiger partial charge in [0.1, 0.15) is 12.2 Å². The second kappa shape index (κ2) is 6.43. The molecule has 0 saturated heterocycles. The molecular weight excluding hydrogens is 268 g/mol. The van der Waals surface area contributed by atoms with E-state index in [2.05, 4.69) is 25.7 Å². The average Bonchev–Trinajstić information content (AvgIpc) is 3.11. The van der Waals surface area contributed by atoms with Gasteiger partial charge >= 0.3 is 0 Å². The monoisotopic (exact) mass is 292 g/mol. The van der Waals surface area contributed by atoms with E-state index in [0.29, 0.717) is 12.0 Å². The Morgan fingerprint density at radius 1 is 1.48 bits per heavy atom. The minimum atomic E-state index is -0.164. The van der Waals surface area contributed by atoms with E-state index in [1.165, 1.54) is 0 Å². The average molecular weight is 292 g/mol. The molecule has 0 radical (unpaired) electrons. The van der Waals surface area contributed by atoms with E-state index in [1.807, 2.05) is 4.68 Å². The van der Waals surface area contributed by atoms with Crippen molar-refractivity contribution in [3.05, 3.63) is 12.2 Å². The van der Waals surface area contributed by atoms with Gasteiger partial charge in [0.15, 0.2) is 5.96 Å². The number of aliphatic imine (C=N–C) groups is 1. The molecule has 1 aliphatic heterocycles. The van der Waals surface area contributed by atoms with Crippen LogP contribution in [-0.4, -0.2) is 51.6 Å². The molecule has 7 nitrogen and oxygen atoms in total. The topological polar surface area (TPSA) is 87.4 Å². The molecule has 1 aliphatic carbocycles. The summed E-state index contributed by atoms with van der Waals surface area (Å²) in [7, 11) is 1.78. The number of hydrogen-bond donors (Lipinski definition) is 3. The molecule has 0 spiro atoms. The Morgan fingerprint density at radius 3 is 3.14 bits per heavy atom. The van der Waals surface area contributed by atoms with Crippen LogP contribution in [-0.2, 0) is 13.0 Å². The molecule has 3 atom stereocenters. The van der Waals surface area contributed by atoms with Gasteiger partial charge in [0.25, 0.3) is 0 Å². The highest BCUT2D eigenvalue weighted by Gasteiger charge is 2.25. The lowest BCUT2D eigenvalue weighted by Gasteiger charge is -2.26. The summed E-state index contributed by atoms with van der Waals surface area (Å²) in [5, 5.41) is 20.9. The molecule has 3 N–H and O–H groups in total. The first-order chi connectivity index (χ1) is 10.3. The van der Waals surface area contributed by atoms with Crippen molar-refractivity contribution in [1.82, 2.24) is 25.4 Å². The molecule has 1 aromatic rings. The van der Waals surface area contributed by atoms with Crippen molar-refractivity contribution in [3.8, 4) is 0 Å². The Hall–Kier alpha value is -1.63. The van der Waals surface area contributed by atoms with E-state index < -0.39 is 0 Å². The molecule has 1 saturated carbocycles. The van der Waals surface area contributed by atoms with Crippen molar-refractivity contribution in [2.45, 2.75) is 50.8 Å². The number of aromatic nitrogens is 3. The summed E-state index contributed by atoms with van der Waals surface area (Å²) in [6, 6.07) is 0.318. The summed E-state index contributed by atoms with van der Waals surface area (Å²) >= 11 is 0. The molecule has 7 heteroatoms. The van der Waals surface area contributed by atoms with Crippen LogP contribution < -0.4 is 10.6 Å². The number of hydrogen-bond acceptors (Lipinski definition) is 4. The first-order valence-corrected chi connectivity index (χ1v) is 7.78. The van der Waals surface area contributed by atoms with E-state index in [4.69, 9.17) is 0 Å². The molecule has 0 bridgehead atoms. The Labute approximate surface area is 124 Å². The number of aliphatic hydroxyl groups excluding tert-OH is 1. The largest absolute Gasteiger partial charge is 0.393 e. The third kappa shape index (κ3) is 3.34. The molecule has 2 aliphatic rings. The molecule has 1 fully saturated rings. The Bertz CT molecular complexity index is 499. The molecule has 0 amide bonds.